The highest BCUT2D eigenvalue weighted by atomic mass is 79.9. The number of ether oxygens (including phenoxy) is 1. The molecule has 2 amide bonds. The van der Waals surface area contributed by atoms with Gasteiger partial charge < -0.3 is 4.74 Å². The van der Waals surface area contributed by atoms with Crippen LogP contribution in [0.5, 0.6) is 0 Å². The van der Waals surface area contributed by atoms with Crippen LogP contribution in [0.1, 0.15) is 52.1 Å². The Morgan fingerprint density at radius 1 is 0.936 bits per heavy atom. The number of pyridine rings is 1. The molecule has 7 atom stereocenters. The Morgan fingerprint density at radius 2 is 1.57 bits per heavy atom. The number of amides is 2. The second kappa shape index (κ2) is 11.1. The molecule has 7 nitrogen and oxygen atoms in total. The van der Waals surface area contributed by atoms with Crippen molar-refractivity contribution in [2.24, 2.45) is 35.5 Å². The van der Waals surface area contributed by atoms with Gasteiger partial charge in [-0.05, 0) is 86.3 Å². The van der Waals surface area contributed by atoms with E-state index in [1.807, 2.05) is 50.2 Å². The van der Waals surface area contributed by atoms with Crippen molar-refractivity contribution in [3.63, 3.8) is 0 Å². The molecule has 8 heteroatoms. The van der Waals surface area contributed by atoms with Crippen LogP contribution in [0.4, 0.5) is 5.69 Å². The van der Waals surface area contributed by atoms with E-state index in [0.29, 0.717) is 51.7 Å². The van der Waals surface area contributed by atoms with E-state index < -0.39 is 12.1 Å². The molecule has 3 fully saturated rings. The first kappa shape index (κ1) is 29.9. The van der Waals surface area contributed by atoms with E-state index >= 15 is 0 Å². The number of esters is 1. The van der Waals surface area contributed by atoms with Crippen LogP contribution in [0.25, 0.3) is 22.2 Å². The van der Waals surface area contributed by atoms with Crippen molar-refractivity contribution in [3.8, 4) is 11.3 Å². The van der Waals surface area contributed by atoms with Crippen molar-refractivity contribution in [1.29, 1.82) is 0 Å². The van der Waals surface area contributed by atoms with Crippen molar-refractivity contribution in [2.45, 2.75) is 39.7 Å². The van der Waals surface area contributed by atoms with Gasteiger partial charge in [0.25, 0.3) is 0 Å². The quantitative estimate of drug-likeness (QED) is 0.0863. The first-order valence-electron chi connectivity index (χ1n) is 16.3. The molecule has 2 bridgehead atoms. The predicted octanol–water partition coefficient (Wildman–Crippen LogP) is 7.52. The summed E-state index contributed by atoms with van der Waals surface area (Å²) in [6, 6.07) is 19.9. The Balaban J connectivity index is 1.12. The van der Waals surface area contributed by atoms with Gasteiger partial charge in [0.2, 0.25) is 17.6 Å². The lowest BCUT2D eigenvalue weighted by Crippen LogP contribution is -2.40. The number of hydrogen-bond acceptors (Lipinski definition) is 6. The van der Waals surface area contributed by atoms with E-state index in [9.17, 15) is 19.2 Å². The monoisotopic (exact) mass is 688 g/mol. The van der Waals surface area contributed by atoms with Crippen LogP contribution in [-0.2, 0) is 20.7 Å². The fourth-order valence-corrected chi connectivity index (χ4v) is 8.67. The SMILES string of the molecule is CCc1cc(Br)cc2c(C(=O)OC(C)C(=O)c3ccc(C)cc3)cc(-c3ccc(N4C(=O)C5C6C=CC(C7CC67)C5C4=O)cc3)nc12. The first-order chi connectivity index (χ1) is 22.6. The second-order valence-corrected chi connectivity index (χ2v) is 14.3. The van der Waals surface area contributed by atoms with Gasteiger partial charge in [-0.2, -0.15) is 0 Å². The number of nitrogens with zero attached hydrogens (tertiary/aromatic N) is 2. The molecule has 4 aromatic rings. The predicted molar refractivity (Wildman–Crippen MR) is 182 cm³/mol. The number of ketones is 1. The van der Waals surface area contributed by atoms with Crippen LogP contribution in [0.15, 0.2) is 83.4 Å². The number of Topliss-reactive ketones (excluding diaryl/α,β-unsaturated/α-hetero) is 1. The molecule has 1 aromatic heterocycles. The molecule has 0 N–H and O–H groups in total. The van der Waals surface area contributed by atoms with Gasteiger partial charge in [0, 0.05) is 21.0 Å². The molecule has 236 valence electrons. The van der Waals surface area contributed by atoms with Gasteiger partial charge >= 0.3 is 5.97 Å². The molecule has 9 rings (SSSR count). The van der Waals surface area contributed by atoms with Crippen LogP contribution in [0, 0.1) is 42.4 Å². The van der Waals surface area contributed by atoms with E-state index in [2.05, 4.69) is 28.1 Å². The number of carbonyl (C=O) groups is 4. The number of fused-ring (bicyclic) bond motifs is 1. The van der Waals surface area contributed by atoms with Gasteiger partial charge in [0.05, 0.1) is 34.3 Å². The molecular formula is C39H33BrN2O5. The average Bonchev–Trinajstić information content (AvgIpc) is 3.86. The van der Waals surface area contributed by atoms with Gasteiger partial charge in [-0.25, -0.2) is 9.78 Å². The molecule has 2 saturated carbocycles. The molecular weight excluding hydrogens is 656 g/mol. The molecule has 0 spiro atoms. The summed E-state index contributed by atoms with van der Waals surface area (Å²) < 4.78 is 6.57. The summed E-state index contributed by atoms with van der Waals surface area (Å²) in [5, 5.41) is 0.619. The number of anilines is 1. The van der Waals surface area contributed by atoms with Crippen molar-refractivity contribution < 1.29 is 23.9 Å². The van der Waals surface area contributed by atoms with Crippen molar-refractivity contribution in [3.05, 3.63) is 106 Å². The number of aromatic nitrogens is 1. The molecule has 7 unspecified atom stereocenters. The van der Waals surface area contributed by atoms with E-state index in [-0.39, 0.29) is 41.3 Å². The molecule has 0 radical (unpaired) electrons. The van der Waals surface area contributed by atoms with Crippen LogP contribution >= 0.6 is 15.9 Å². The van der Waals surface area contributed by atoms with Crippen molar-refractivity contribution in [2.75, 3.05) is 4.90 Å². The summed E-state index contributed by atoms with van der Waals surface area (Å²) in [7, 11) is 0. The van der Waals surface area contributed by atoms with E-state index in [1.54, 1.807) is 37.3 Å². The zero-order valence-electron chi connectivity index (χ0n) is 26.3. The number of aryl methyl sites for hydroxylation is 2. The van der Waals surface area contributed by atoms with Crippen LogP contribution < -0.4 is 4.90 Å². The lowest BCUT2D eigenvalue weighted by molar-refractivity contribution is -0.124. The highest BCUT2D eigenvalue weighted by molar-refractivity contribution is 9.10. The maximum absolute atomic E-state index is 13.8. The zero-order valence-corrected chi connectivity index (χ0v) is 27.9. The number of imide groups is 1. The normalized spacial score (nSPS) is 25.9. The largest absolute Gasteiger partial charge is 0.451 e. The van der Waals surface area contributed by atoms with Crippen LogP contribution in [0.3, 0.4) is 0 Å². The second-order valence-electron chi connectivity index (χ2n) is 13.4. The Morgan fingerprint density at radius 3 is 2.19 bits per heavy atom. The summed E-state index contributed by atoms with van der Waals surface area (Å²) in [5.74, 6) is -0.206. The van der Waals surface area contributed by atoms with Gasteiger partial charge in [0.1, 0.15) is 0 Å². The zero-order chi connectivity index (χ0) is 32.7. The summed E-state index contributed by atoms with van der Waals surface area (Å²) in [5.41, 5.74) is 5.22. The van der Waals surface area contributed by atoms with Gasteiger partial charge in [0.15, 0.2) is 6.10 Å². The fraction of sp³-hybridized carbons (Fsp3) is 0.308. The molecule has 3 aromatic carbocycles. The van der Waals surface area contributed by atoms with E-state index in [0.717, 1.165) is 27.6 Å². The van der Waals surface area contributed by atoms with Crippen molar-refractivity contribution in [1.82, 2.24) is 4.98 Å². The number of hydrogen-bond donors (Lipinski definition) is 0. The summed E-state index contributed by atoms with van der Waals surface area (Å²) in [6.45, 7) is 5.55. The number of allylic oxidation sites excluding steroid dienone is 2. The van der Waals surface area contributed by atoms with Gasteiger partial charge in [-0.1, -0.05) is 77.0 Å². The highest BCUT2D eigenvalue weighted by Gasteiger charge is 2.67. The minimum Gasteiger partial charge on any atom is -0.451 e. The molecule has 5 aliphatic rings. The van der Waals surface area contributed by atoms with E-state index in [4.69, 9.17) is 9.72 Å². The summed E-state index contributed by atoms with van der Waals surface area (Å²) in [6.07, 6.45) is 5.16. The maximum atomic E-state index is 13.8. The standard InChI is InChI=1S/C39H33BrN2O5/c1-4-21-15-24(40)16-30-31(39(46)47-20(3)36(43)23-7-5-19(2)6-8-23)18-32(41-35(21)30)22-9-11-25(12-10-22)42-37(44)33-26-13-14-27(29-17-28(26)29)34(33)38(42)45/h5-16,18,20,26-29,33-34H,4,17H2,1-3H3. The van der Waals surface area contributed by atoms with Gasteiger partial charge in [-0.15, -0.1) is 0 Å². The molecule has 47 heavy (non-hydrogen) atoms. The number of carbonyl (C=O) groups excluding carboxylic acids is 4. The molecule has 1 saturated heterocycles. The topological polar surface area (TPSA) is 93.6 Å². The molecule has 4 aliphatic carbocycles. The van der Waals surface area contributed by atoms with E-state index in [1.165, 1.54) is 4.90 Å². The Bertz CT molecular complexity index is 2000. The van der Waals surface area contributed by atoms with Gasteiger partial charge in [-0.3, -0.25) is 19.3 Å². The Hall–Kier alpha value is -4.43. The first-order valence-corrected chi connectivity index (χ1v) is 17.1. The minimum absolute atomic E-state index is 0.0984. The lowest BCUT2D eigenvalue weighted by Gasteiger charge is -2.37. The lowest BCUT2D eigenvalue weighted by atomic mass is 9.63. The van der Waals surface area contributed by atoms with Crippen LogP contribution in [0.2, 0.25) is 0 Å². The number of benzene rings is 3. The highest BCUT2D eigenvalue weighted by Crippen LogP contribution is 2.65. The Labute approximate surface area is 281 Å². The number of rotatable bonds is 7. The summed E-state index contributed by atoms with van der Waals surface area (Å²) in [4.78, 5) is 60.5. The third-order valence-corrected chi connectivity index (χ3v) is 11.1. The smallest absolute Gasteiger partial charge is 0.339 e. The minimum atomic E-state index is -0.996. The third-order valence-electron chi connectivity index (χ3n) is 10.6. The third kappa shape index (κ3) is 4.79. The maximum Gasteiger partial charge on any atom is 0.339 e. The van der Waals surface area contributed by atoms with Crippen molar-refractivity contribution >= 4 is 56.1 Å². The number of halogens is 1. The fourth-order valence-electron chi connectivity index (χ4n) is 8.17. The Kier molecular flexibility index (Phi) is 7.06. The molecule has 2 heterocycles. The molecule has 1 aliphatic heterocycles. The average molecular weight is 690 g/mol. The summed E-state index contributed by atoms with van der Waals surface area (Å²) >= 11 is 3.57. The van der Waals surface area contributed by atoms with Crippen LogP contribution in [-0.4, -0.2) is 34.7 Å².